The van der Waals surface area contributed by atoms with E-state index in [9.17, 15) is 14.9 Å². The van der Waals surface area contributed by atoms with Gasteiger partial charge in [0, 0.05) is 38.0 Å². The highest BCUT2D eigenvalue weighted by Gasteiger charge is 2.33. The minimum atomic E-state index is -0.677. The summed E-state index contributed by atoms with van der Waals surface area (Å²) in [6.45, 7) is 7.10. The van der Waals surface area contributed by atoms with Gasteiger partial charge in [-0.15, -0.1) is 0 Å². The molecule has 1 N–H and O–H groups in total. The lowest BCUT2D eigenvalue weighted by Gasteiger charge is -2.31. The fourth-order valence-corrected chi connectivity index (χ4v) is 3.02. The highest BCUT2D eigenvalue weighted by atomic mass is 16.7. The minimum Gasteiger partial charge on any atom is -0.457 e. The van der Waals surface area contributed by atoms with Gasteiger partial charge in [0.2, 0.25) is 0 Å². The van der Waals surface area contributed by atoms with Crippen LogP contribution in [0.2, 0.25) is 0 Å². The van der Waals surface area contributed by atoms with E-state index in [0.29, 0.717) is 22.5 Å². The molecule has 0 aliphatic carbocycles. The maximum absolute atomic E-state index is 12.9. The van der Waals surface area contributed by atoms with Crippen LogP contribution < -0.4 is 5.32 Å². The molecule has 1 heterocycles. The predicted octanol–water partition coefficient (Wildman–Crippen LogP) is 3.40. The van der Waals surface area contributed by atoms with Gasteiger partial charge in [-0.2, -0.15) is 0 Å². The number of hydrogen-bond donors (Lipinski definition) is 1. The van der Waals surface area contributed by atoms with Crippen molar-refractivity contribution in [3.63, 3.8) is 0 Å². The fraction of sp³-hybridized carbons (Fsp3) is 0.450. The van der Waals surface area contributed by atoms with Crippen LogP contribution in [0.5, 0.6) is 0 Å². The highest BCUT2D eigenvalue weighted by molar-refractivity contribution is 5.92. The van der Waals surface area contributed by atoms with Gasteiger partial charge in [0.05, 0.1) is 16.2 Å². The average Bonchev–Trinajstić information content (AvgIpc) is 2.60. The van der Waals surface area contributed by atoms with Gasteiger partial charge in [-0.25, -0.2) is 4.79 Å². The molecule has 1 unspecified atom stereocenters. The van der Waals surface area contributed by atoms with E-state index in [1.807, 2.05) is 0 Å². The Kier molecular flexibility index (Phi) is 6.58. The molecular weight excluding hydrogens is 364 g/mol. The highest BCUT2D eigenvalue weighted by Crippen LogP contribution is 2.36. The third-order valence-electron chi connectivity index (χ3n) is 4.13. The van der Waals surface area contributed by atoms with E-state index in [1.165, 1.54) is 26.4 Å². The zero-order valence-corrected chi connectivity index (χ0v) is 16.9. The van der Waals surface area contributed by atoms with Crippen molar-refractivity contribution in [2.45, 2.75) is 45.5 Å². The monoisotopic (exact) mass is 390 g/mol. The molecule has 0 amide bonds. The van der Waals surface area contributed by atoms with Gasteiger partial charge in [0.25, 0.3) is 5.69 Å². The first kappa shape index (κ1) is 21.6. The number of nitrogens with zero attached hydrogens (tertiary/aromatic N) is 1. The molecule has 0 bridgehead atoms. The van der Waals surface area contributed by atoms with Crippen molar-refractivity contribution < 1.29 is 23.9 Å². The summed E-state index contributed by atoms with van der Waals surface area (Å²) in [4.78, 5) is 23.6. The van der Waals surface area contributed by atoms with Gasteiger partial charge in [-0.05, 0) is 39.3 Å². The van der Waals surface area contributed by atoms with Gasteiger partial charge < -0.3 is 19.5 Å². The van der Waals surface area contributed by atoms with Gasteiger partial charge in [0.15, 0.2) is 6.29 Å². The molecule has 2 rings (SSSR count). The lowest BCUT2D eigenvalue weighted by molar-refractivity contribution is -0.384. The lowest BCUT2D eigenvalue weighted by atomic mass is 9.86. The molecule has 0 aromatic heterocycles. The van der Waals surface area contributed by atoms with Gasteiger partial charge in [-0.1, -0.05) is 12.1 Å². The van der Waals surface area contributed by atoms with Crippen LogP contribution in [0.15, 0.2) is 47.3 Å². The summed E-state index contributed by atoms with van der Waals surface area (Å²) >= 11 is 0. The molecule has 1 atom stereocenters. The van der Waals surface area contributed by atoms with Crippen LogP contribution in [0.4, 0.5) is 5.69 Å². The Balaban J connectivity index is 2.56. The molecule has 0 fully saturated rings. The summed E-state index contributed by atoms with van der Waals surface area (Å²) in [6, 6.07) is 6.20. The summed E-state index contributed by atoms with van der Waals surface area (Å²) < 4.78 is 16.2. The molecule has 152 valence electrons. The van der Waals surface area contributed by atoms with Crippen LogP contribution in [0, 0.1) is 10.1 Å². The Labute approximate surface area is 164 Å². The van der Waals surface area contributed by atoms with E-state index in [0.717, 1.165) is 0 Å². The first-order valence-corrected chi connectivity index (χ1v) is 8.80. The molecule has 1 aliphatic rings. The van der Waals surface area contributed by atoms with Crippen molar-refractivity contribution >= 4 is 11.7 Å². The second-order valence-electron chi connectivity index (χ2n) is 7.42. The maximum atomic E-state index is 12.9. The van der Waals surface area contributed by atoms with Crippen molar-refractivity contribution in [1.29, 1.82) is 0 Å². The zero-order chi connectivity index (χ0) is 21.1. The zero-order valence-electron chi connectivity index (χ0n) is 16.9. The molecule has 8 heteroatoms. The number of allylic oxidation sites excluding steroid dienone is 2. The van der Waals surface area contributed by atoms with Gasteiger partial charge in [-0.3, -0.25) is 10.1 Å². The third-order valence-corrected chi connectivity index (χ3v) is 4.13. The number of nitro groups is 1. The number of ether oxygens (including phenoxy) is 3. The van der Waals surface area contributed by atoms with E-state index < -0.39 is 28.7 Å². The van der Waals surface area contributed by atoms with Crippen molar-refractivity contribution in [2.75, 3.05) is 14.2 Å². The first-order chi connectivity index (χ1) is 13.1. The average molecular weight is 390 g/mol. The molecule has 0 spiro atoms. The summed E-state index contributed by atoms with van der Waals surface area (Å²) in [6.07, 6.45) is 1.10. The number of nitro benzene ring substituents is 1. The third kappa shape index (κ3) is 4.96. The van der Waals surface area contributed by atoms with E-state index >= 15 is 0 Å². The Morgan fingerprint density at radius 2 is 1.89 bits per heavy atom. The second kappa shape index (κ2) is 8.53. The lowest BCUT2D eigenvalue weighted by Crippen LogP contribution is -2.35. The standard InChI is InChI=1S/C20H26N2O6/c1-12-17(18(23)28-20(2,3)4)15(11-16(21-12)19(26-5)27-6)13-8-7-9-14(10-13)22(24)25/h7-11,15,19,21H,1-6H3. The van der Waals surface area contributed by atoms with Crippen molar-refractivity contribution in [1.82, 2.24) is 5.32 Å². The Morgan fingerprint density at radius 1 is 1.25 bits per heavy atom. The minimum absolute atomic E-state index is 0.0535. The summed E-state index contributed by atoms with van der Waals surface area (Å²) in [5.41, 5.74) is 1.42. The fourth-order valence-electron chi connectivity index (χ4n) is 3.02. The number of esters is 1. The molecule has 8 nitrogen and oxygen atoms in total. The predicted molar refractivity (Wildman–Crippen MR) is 103 cm³/mol. The largest absolute Gasteiger partial charge is 0.457 e. The van der Waals surface area contributed by atoms with Crippen LogP contribution in [-0.2, 0) is 19.0 Å². The number of non-ortho nitro benzene ring substituents is 1. The first-order valence-electron chi connectivity index (χ1n) is 8.80. The van der Waals surface area contributed by atoms with Crippen molar-refractivity contribution in [3.8, 4) is 0 Å². The van der Waals surface area contributed by atoms with E-state index in [-0.39, 0.29) is 5.69 Å². The van der Waals surface area contributed by atoms with Crippen LogP contribution in [0.25, 0.3) is 0 Å². The van der Waals surface area contributed by atoms with E-state index in [1.54, 1.807) is 45.9 Å². The Bertz CT molecular complexity index is 818. The molecule has 0 saturated carbocycles. The number of dihydropyridines is 1. The molecule has 0 saturated heterocycles. The number of carbonyl (C=O) groups excluding carboxylic acids is 1. The molecule has 1 aromatic carbocycles. The summed E-state index contributed by atoms with van der Waals surface area (Å²) in [7, 11) is 3.00. The second-order valence-corrected chi connectivity index (χ2v) is 7.42. The van der Waals surface area contributed by atoms with Crippen LogP contribution >= 0.6 is 0 Å². The van der Waals surface area contributed by atoms with Crippen LogP contribution in [-0.4, -0.2) is 37.0 Å². The van der Waals surface area contributed by atoms with E-state index in [2.05, 4.69) is 5.32 Å². The van der Waals surface area contributed by atoms with Crippen molar-refractivity contribution in [3.05, 3.63) is 63.0 Å². The van der Waals surface area contributed by atoms with Gasteiger partial charge >= 0.3 is 5.97 Å². The number of rotatable bonds is 6. The number of carbonyl (C=O) groups is 1. The van der Waals surface area contributed by atoms with Crippen molar-refractivity contribution in [2.24, 2.45) is 0 Å². The number of nitrogens with one attached hydrogen (secondary N) is 1. The molecular formula is C20H26N2O6. The topological polar surface area (TPSA) is 99.9 Å². The Morgan fingerprint density at radius 3 is 2.43 bits per heavy atom. The van der Waals surface area contributed by atoms with Crippen LogP contribution in [0.3, 0.4) is 0 Å². The molecule has 1 aromatic rings. The normalized spacial score (nSPS) is 17.2. The van der Waals surface area contributed by atoms with Gasteiger partial charge in [0.1, 0.15) is 5.60 Å². The maximum Gasteiger partial charge on any atom is 0.337 e. The summed E-state index contributed by atoms with van der Waals surface area (Å²) in [5.74, 6) is -1.05. The number of benzene rings is 1. The number of methoxy groups -OCH3 is 2. The van der Waals surface area contributed by atoms with E-state index in [4.69, 9.17) is 14.2 Å². The molecule has 28 heavy (non-hydrogen) atoms. The quantitative estimate of drug-likeness (QED) is 0.344. The number of hydrogen-bond acceptors (Lipinski definition) is 7. The molecule has 1 aliphatic heterocycles. The Hall–Kier alpha value is -2.71. The summed E-state index contributed by atoms with van der Waals surface area (Å²) in [5, 5.41) is 14.3. The molecule has 0 radical (unpaired) electrons. The smallest absolute Gasteiger partial charge is 0.337 e. The van der Waals surface area contributed by atoms with Crippen LogP contribution in [0.1, 0.15) is 39.2 Å². The SMILES string of the molecule is COC(OC)C1=CC(c2cccc([N+](=O)[O-])c2)C(C(=O)OC(C)(C)C)=C(C)N1.